The summed E-state index contributed by atoms with van der Waals surface area (Å²) in [5, 5.41) is 12.9. The third-order valence-electron chi connectivity index (χ3n) is 11.6. The number of nitrogens with zero attached hydrogens (tertiary/aromatic N) is 6. The molecular formula is C54H48F3N7O12. The molecule has 0 unspecified atom stereocenters. The number of carbonyl (C=O) groups excluding carboxylic acids is 3. The van der Waals surface area contributed by atoms with Crippen LogP contribution in [0.3, 0.4) is 0 Å². The van der Waals surface area contributed by atoms with Crippen molar-refractivity contribution in [1.82, 2.24) is 28.6 Å². The summed E-state index contributed by atoms with van der Waals surface area (Å²) < 4.78 is 70.2. The van der Waals surface area contributed by atoms with Gasteiger partial charge in [-0.3, -0.25) is 38.0 Å². The lowest BCUT2D eigenvalue weighted by atomic mass is 10.2. The van der Waals surface area contributed by atoms with Crippen molar-refractivity contribution in [2.45, 2.75) is 6.92 Å². The summed E-state index contributed by atoms with van der Waals surface area (Å²) in [6, 6.07) is 24.3. The molecule has 6 heterocycles. The maximum absolute atomic E-state index is 15.1. The minimum absolute atomic E-state index is 0.0917. The number of esters is 3. The second kappa shape index (κ2) is 25.0. The molecule has 5 aromatic heterocycles. The molecule has 0 atom stereocenters. The molecule has 1 aliphatic rings. The van der Waals surface area contributed by atoms with Gasteiger partial charge in [0.05, 0.1) is 68.5 Å². The van der Waals surface area contributed by atoms with E-state index in [9.17, 15) is 37.5 Å². The van der Waals surface area contributed by atoms with Crippen LogP contribution >= 0.6 is 0 Å². The van der Waals surface area contributed by atoms with Gasteiger partial charge in [0, 0.05) is 74.2 Å². The fraction of sp³-hybridized carbons (Fsp3) is 0.185. The van der Waals surface area contributed by atoms with Crippen LogP contribution in [0.15, 0.2) is 148 Å². The summed E-state index contributed by atoms with van der Waals surface area (Å²) in [4.78, 5) is 82.5. The number of carbonyl (C=O) groups is 3. The number of halogens is 3. The molecule has 0 spiro atoms. The molecular weight excluding hydrogens is 996 g/mol. The molecule has 22 heteroatoms. The topological polar surface area (TPSA) is 225 Å². The van der Waals surface area contributed by atoms with Crippen molar-refractivity contribution in [3.8, 4) is 28.7 Å². The predicted octanol–water partition coefficient (Wildman–Crippen LogP) is 6.70. The molecule has 1 fully saturated rings. The van der Waals surface area contributed by atoms with Gasteiger partial charge in [0.1, 0.15) is 34.9 Å². The SMILES string of the molecule is COC(=O)c1cccn(-c2ccc(C)c(F)c2)c1=O.COC(=O)c1cccn(-c2ccc(Nc3ccnc4cc(OCCN5CCOCC5)ncc34)c(F)c2)c1=O.COC(=O)c1cccn(-c2ccc(O)c(F)c2)c1=O. The number of nitrogens with one attached hydrogen (secondary N) is 1. The monoisotopic (exact) mass is 1040 g/mol. The quantitative estimate of drug-likeness (QED) is 0.0959. The maximum Gasteiger partial charge on any atom is 0.343 e. The lowest BCUT2D eigenvalue weighted by Gasteiger charge is -2.26. The Morgan fingerprint density at radius 3 is 1.63 bits per heavy atom. The van der Waals surface area contributed by atoms with Crippen LogP contribution in [-0.2, 0) is 18.9 Å². The number of anilines is 2. The molecule has 0 bridgehead atoms. The first-order valence-corrected chi connectivity index (χ1v) is 23.0. The highest BCUT2D eigenvalue weighted by Gasteiger charge is 2.18. The predicted molar refractivity (Wildman–Crippen MR) is 272 cm³/mol. The van der Waals surface area contributed by atoms with E-state index in [0.29, 0.717) is 40.3 Å². The van der Waals surface area contributed by atoms with Gasteiger partial charge in [0.25, 0.3) is 16.7 Å². The number of pyridine rings is 5. The first-order chi connectivity index (χ1) is 36.6. The average molecular weight is 1040 g/mol. The minimum Gasteiger partial charge on any atom is -0.505 e. The van der Waals surface area contributed by atoms with E-state index in [4.69, 9.17) is 14.6 Å². The van der Waals surface area contributed by atoms with E-state index >= 15 is 4.39 Å². The summed E-state index contributed by atoms with van der Waals surface area (Å²) in [6.45, 7) is 6.16. The van der Waals surface area contributed by atoms with Crippen molar-refractivity contribution in [3.63, 3.8) is 0 Å². The Morgan fingerprint density at radius 2 is 1.13 bits per heavy atom. The van der Waals surface area contributed by atoms with Crippen molar-refractivity contribution >= 4 is 40.2 Å². The number of hydrogen-bond acceptors (Lipinski definition) is 16. The average Bonchev–Trinajstić information content (AvgIpc) is 3.44. The minimum atomic E-state index is -0.854. The van der Waals surface area contributed by atoms with Gasteiger partial charge >= 0.3 is 17.9 Å². The van der Waals surface area contributed by atoms with Crippen molar-refractivity contribution in [2.75, 3.05) is 66.1 Å². The van der Waals surface area contributed by atoms with Gasteiger partial charge in [0.2, 0.25) is 5.88 Å². The number of hydrogen-bond donors (Lipinski definition) is 2. The molecule has 1 saturated heterocycles. The molecule has 3 aromatic carbocycles. The number of aromatic nitrogens is 5. The van der Waals surface area contributed by atoms with E-state index in [1.807, 2.05) is 0 Å². The summed E-state index contributed by atoms with van der Waals surface area (Å²) in [5.41, 5.74) is 0.611. The molecule has 0 aliphatic carbocycles. The van der Waals surface area contributed by atoms with Gasteiger partial charge in [-0.2, -0.15) is 0 Å². The van der Waals surface area contributed by atoms with Crippen molar-refractivity contribution in [1.29, 1.82) is 0 Å². The highest BCUT2D eigenvalue weighted by Crippen LogP contribution is 2.29. The molecule has 8 aromatic rings. The summed E-state index contributed by atoms with van der Waals surface area (Å²) in [6.07, 6.45) is 7.57. The third-order valence-corrected chi connectivity index (χ3v) is 11.6. The molecule has 0 radical (unpaired) electrons. The number of phenols is 1. The van der Waals surface area contributed by atoms with Gasteiger partial charge in [-0.25, -0.2) is 32.5 Å². The molecule has 9 rings (SSSR count). The van der Waals surface area contributed by atoms with Gasteiger partial charge in [0.15, 0.2) is 11.6 Å². The van der Waals surface area contributed by atoms with Crippen LogP contribution in [0, 0.1) is 24.4 Å². The number of morpholine rings is 1. The Bertz CT molecular complexity index is 3500. The van der Waals surface area contributed by atoms with E-state index in [1.165, 1.54) is 110 Å². The standard InChI is InChI=1S/C27H26FN5O5.C14H12FNO3.C13H10FNO4/c1-36-27(35)19-3-2-8-33(26(19)34)18-4-5-23(21(28)15-18)31-22-6-7-29-24-16-25(30-17-20(22)24)38-14-11-32-9-12-37-13-10-32;1-9-5-6-10(8-12(9)15)16-7-3-4-11(13(16)17)14(18)19-2;1-19-13(18)9-3-2-6-15(12(9)17)8-4-5-11(16)10(14)7-8/h2-8,15-17H,9-14H2,1H3,(H,29,31);3-8H,1-2H3;2-7,16H,1H3. The van der Waals surface area contributed by atoms with E-state index in [-0.39, 0.29) is 33.8 Å². The van der Waals surface area contributed by atoms with Crippen LogP contribution in [0.4, 0.5) is 24.5 Å². The first-order valence-electron chi connectivity index (χ1n) is 23.0. The van der Waals surface area contributed by atoms with Crippen molar-refractivity contribution < 1.29 is 56.3 Å². The van der Waals surface area contributed by atoms with Crippen LogP contribution in [0.25, 0.3) is 28.0 Å². The Labute approximate surface area is 430 Å². The van der Waals surface area contributed by atoms with Crippen LogP contribution < -0.4 is 26.7 Å². The van der Waals surface area contributed by atoms with Gasteiger partial charge in [-0.15, -0.1) is 0 Å². The number of fused-ring (bicyclic) bond motifs is 1. The zero-order valence-electron chi connectivity index (χ0n) is 41.2. The van der Waals surface area contributed by atoms with Gasteiger partial charge < -0.3 is 34.1 Å². The van der Waals surface area contributed by atoms with Crippen molar-refractivity contribution in [2.24, 2.45) is 0 Å². The highest BCUT2D eigenvalue weighted by atomic mass is 19.1. The van der Waals surface area contributed by atoms with Crippen molar-refractivity contribution in [3.05, 3.63) is 205 Å². The molecule has 2 N–H and O–H groups in total. The smallest absolute Gasteiger partial charge is 0.343 e. The molecule has 76 heavy (non-hydrogen) atoms. The lowest BCUT2D eigenvalue weighted by Crippen LogP contribution is -2.38. The first kappa shape index (κ1) is 54.4. The van der Waals surface area contributed by atoms with Crippen LogP contribution in [-0.4, -0.2) is 112 Å². The Balaban J connectivity index is 0.000000185. The summed E-state index contributed by atoms with van der Waals surface area (Å²) >= 11 is 0. The van der Waals surface area contributed by atoms with Gasteiger partial charge in [-0.05, 0) is 91.3 Å². The fourth-order valence-electron chi connectivity index (χ4n) is 7.48. The highest BCUT2D eigenvalue weighted by molar-refractivity contribution is 5.93. The molecule has 19 nitrogen and oxygen atoms in total. The second-order valence-electron chi connectivity index (χ2n) is 16.3. The zero-order valence-corrected chi connectivity index (χ0v) is 41.2. The number of aromatic hydroxyl groups is 1. The summed E-state index contributed by atoms with van der Waals surface area (Å²) in [7, 11) is 3.56. The molecule has 0 saturated carbocycles. The number of aryl methyl sites for hydroxylation is 1. The van der Waals surface area contributed by atoms with E-state index < -0.39 is 57.8 Å². The Morgan fingerprint density at radius 1 is 0.632 bits per heavy atom. The van der Waals surface area contributed by atoms with E-state index in [1.54, 1.807) is 49.6 Å². The van der Waals surface area contributed by atoms with Crippen LogP contribution in [0.5, 0.6) is 11.6 Å². The Hall–Kier alpha value is -9.41. The normalized spacial score (nSPS) is 12.0. The number of methoxy groups -OCH3 is 3. The number of phenolic OH excluding ortho intramolecular Hbond substituents is 1. The number of rotatable bonds is 12. The van der Waals surface area contributed by atoms with E-state index in [0.717, 1.165) is 49.5 Å². The summed E-state index contributed by atoms with van der Waals surface area (Å²) in [5.74, 6) is -4.14. The largest absolute Gasteiger partial charge is 0.505 e. The fourth-order valence-corrected chi connectivity index (χ4v) is 7.48. The van der Waals surface area contributed by atoms with Crippen LogP contribution in [0.1, 0.15) is 36.6 Å². The second-order valence-corrected chi connectivity index (χ2v) is 16.3. The third kappa shape index (κ3) is 12.8. The van der Waals surface area contributed by atoms with Gasteiger partial charge in [-0.1, -0.05) is 6.07 Å². The zero-order chi connectivity index (χ0) is 54.5. The number of benzene rings is 3. The molecule has 0 amide bonds. The van der Waals surface area contributed by atoms with Crippen LogP contribution in [0.2, 0.25) is 0 Å². The van der Waals surface area contributed by atoms with E-state index in [2.05, 4.69) is 34.4 Å². The number of ether oxygens (including phenoxy) is 5. The lowest BCUT2D eigenvalue weighted by molar-refractivity contribution is 0.0320. The maximum atomic E-state index is 15.1. The molecule has 1 aliphatic heterocycles. The molecule has 392 valence electrons. The Kier molecular flexibility index (Phi) is 17.9.